The molecular weight excluding hydrogens is 281 g/mol. The molecule has 1 aromatic rings. The van der Waals surface area contributed by atoms with E-state index in [1.807, 2.05) is 4.90 Å². The Labute approximate surface area is 132 Å². The van der Waals surface area contributed by atoms with Crippen molar-refractivity contribution in [3.63, 3.8) is 0 Å². The summed E-state index contributed by atoms with van der Waals surface area (Å²) in [6.45, 7) is 10.2. The minimum Gasteiger partial charge on any atom is -0.368 e. The van der Waals surface area contributed by atoms with Gasteiger partial charge < -0.3 is 15.0 Å². The summed E-state index contributed by atoms with van der Waals surface area (Å²) in [6, 6.07) is 3.77. The average molecular weight is 307 g/mol. The van der Waals surface area contributed by atoms with E-state index in [1.54, 1.807) is 12.3 Å². The van der Waals surface area contributed by atoms with Gasteiger partial charge in [0.2, 0.25) is 0 Å². The van der Waals surface area contributed by atoms with Gasteiger partial charge >= 0.3 is 0 Å². The molecule has 22 heavy (non-hydrogen) atoms. The third-order valence-electron chi connectivity index (χ3n) is 4.74. The van der Waals surface area contributed by atoms with Gasteiger partial charge in [0.25, 0.3) is 0 Å². The first-order chi connectivity index (χ1) is 10.3. The topological polar surface area (TPSA) is 37.4 Å². The highest BCUT2D eigenvalue weighted by molar-refractivity contribution is 5.41. The predicted molar refractivity (Wildman–Crippen MR) is 85.6 cm³/mol. The highest BCUT2D eigenvalue weighted by Crippen LogP contribution is 2.37. The Morgan fingerprint density at radius 3 is 2.77 bits per heavy atom. The molecule has 4 nitrogen and oxygen atoms in total. The number of aromatic nitrogens is 1. The van der Waals surface area contributed by atoms with Crippen LogP contribution in [0.4, 0.5) is 10.2 Å². The Hall–Kier alpha value is -1.20. The summed E-state index contributed by atoms with van der Waals surface area (Å²) in [4.78, 5) is 6.21. The van der Waals surface area contributed by atoms with Crippen molar-refractivity contribution in [3.8, 4) is 0 Å². The monoisotopic (exact) mass is 307 g/mol. The van der Waals surface area contributed by atoms with Gasteiger partial charge in [0.15, 0.2) is 11.6 Å². The Balaban J connectivity index is 1.63. The van der Waals surface area contributed by atoms with Crippen LogP contribution in [0.2, 0.25) is 0 Å². The number of ether oxygens (including phenoxy) is 1. The zero-order chi connectivity index (χ0) is 16.0. The van der Waals surface area contributed by atoms with E-state index in [1.165, 1.54) is 6.07 Å². The van der Waals surface area contributed by atoms with Crippen molar-refractivity contribution < 1.29 is 9.13 Å². The van der Waals surface area contributed by atoms with Crippen LogP contribution < -0.4 is 10.2 Å². The van der Waals surface area contributed by atoms with Gasteiger partial charge in [-0.3, -0.25) is 0 Å². The molecule has 0 aliphatic carbocycles. The zero-order valence-corrected chi connectivity index (χ0v) is 13.9. The van der Waals surface area contributed by atoms with E-state index >= 15 is 0 Å². The Bertz CT molecular complexity index is 546. The summed E-state index contributed by atoms with van der Waals surface area (Å²) in [5.41, 5.74) is -0.264. The highest BCUT2D eigenvalue weighted by Gasteiger charge is 2.46. The molecule has 1 aromatic heterocycles. The summed E-state index contributed by atoms with van der Waals surface area (Å²) < 4.78 is 20.0. The van der Waals surface area contributed by atoms with Crippen LogP contribution in [0.1, 0.15) is 40.5 Å². The van der Waals surface area contributed by atoms with Crippen molar-refractivity contribution in [2.24, 2.45) is 0 Å². The maximum absolute atomic E-state index is 13.9. The molecule has 122 valence electrons. The van der Waals surface area contributed by atoms with Crippen LogP contribution in [0.25, 0.3) is 0 Å². The number of anilines is 1. The molecule has 2 aliphatic heterocycles. The van der Waals surface area contributed by atoms with Gasteiger partial charge in [-0.15, -0.1) is 0 Å². The Morgan fingerprint density at radius 2 is 2.14 bits per heavy atom. The second kappa shape index (κ2) is 5.46. The van der Waals surface area contributed by atoms with E-state index in [0.29, 0.717) is 17.9 Å². The maximum atomic E-state index is 13.9. The molecule has 0 spiro atoms. The van der Waals surface area contributed by atoms with E-state index in [9.17, 15) is 4.39 Å². The van der Waals surface area contributed by atoms with Crippen LogP contribution in [0.3, 0.4) is 0 Å². The molecule has 0 unspecified atom stereocenters. The van der Waals surface area contributed by atoms with E-state index < -0.39 is 0 Å². The summed E-state index contributed by atoms with van der Waals surface area (Å²) >= 11 is 0. The molecule has 3 heterocycles. The second-order valence-corrected chi connectivity index (χ2v) is 7.63. The van der Waals surface area contributed by atoms with Gasteiger partial charge in [0.1, 0.15) is 0 Å². The molecule has 2 fully saturated rings. The number of rotatable bonds is 3. The minimum absolute atomic E-state index is 0.0907. The number of nitrogens with zero attached hydrogens (tertiary/aromatic N) is 2. The van der Waals surface area contributed by atoms with Crippen molar-refractivity contribution in [3.05, 3.63) is 24.1 Å². The zero-order valence-electron chi connectivity index (χ0n) is 13.9. The number of halogens is 1. The van der Waals surface area contributed by atoms with Crippen molar-refractivity contribution >= 4 is 5.82 Å². The van der Waals surface area contributed by atoms with Gasteiger partial charge in [0.05, 0.1) is 11.2 Å². The van der Waals surface area contributed by atoms with Crippen molar-refractivity contribution in [2.75, 3.05) is 18.0 Å². The van der Waals surface area contributed by atoms with E-state index in [2.05, 4.69) is 38.0 Å². The first kappa shape index (κ1) is 15.7. The molecule has 5 heteroatoms. The predicted octanol–water partition coefficient (Wildman–Crippen LogP) is 2.74. The molecule has 2 atom stereocenters. The molecule has 3 rings (SSSR count). The van der Waals surface area contributed by atoms with Crippen LogP contribution >= 0.6 is 0 Å². The first-order valence-electron chi connectivity index (χ1n) is 8.08. The molecule has 0 amide bonds. The molecular formula is C17H26FN3O. The lowest BCUT2D eigenvalue weighted by atomic mass is 9.93. The normalized spacial score (nSPS) is 30.0. The molecule has 0 saturated carbocycles. The Kier molecular flexibility index (Phi) is 3.89. The fourth-order valence-corrected chi connectivity index (χ4v) is 3.81. The van der Waals surface area contributed by atoms with E-state index in [-0.39, 0.29) is 17.0 Å². The molecule has 1 N–H and O–H groups in total. The largest absolute Gasteiger partial charge is 0.368 e. The number of hydrogen-bond donors (Lipinski definition) is 1. The number of pyridine rings is 1. The van der Waals surface area contributed by atoms with Crippen molar-refractivity contribution in [1.29, 1.82) is 0 Å². The summed E-state index contributed by atoms with van der Waals surface area (Å²) in [5, 5.41) is 3.73. The fourth-order valence-electron chi connectivity index (χ4n) is 3.81. The van der Waals surface area contributed by atoms with Crippen LogP contribution in [-0.2, 0) is 4.74 Å². The van der Waals surface area contributed by atoms with Crippen molar-refractivity contribution in [2.45, 2.75) is 63.8 Å². The molecule has 0 radical (unpaired) electrons. The van der Waals surface area contributed by atoms with Gasteiger partial charge in [-0.1, -0.05) is 0 Å². The molecule has 2 saturated heterocycles. The first-order valence-corrected chi connectivity index (χ1v) is 8.08. The third kappa shape index (κ3) is 3.10. The lowest BCUT2D eigenvalue weighted by Crippen LogP contribution is -2.48. The van der Waals surface area contributed by atoms with Crippen LogP contribution in [-0.4, -0.2) is 41.4 Å². The minimum atomic E-state index is -0.242. The smallest absolute Gasteiger partial charge is 0.165 e. The van der Waals surface area contributed by atoms with E-state index in [0.717, 1.165) is 25.9 Å². The third-order valence-corrected chi connectivity index (χ3v) is 4.74. The van der Waals surface area contributed by atoms with Crippen molar-refractivity contribution in [1.82, 2.24) is 10.3 Å². The van der Waals surface area contributed by atoms with Crippen LogP contribution in [0, 0.1) is 5.82 Å². The summed E-state index contributed by atoms with van der Waals surface area (Å²) in [5.74, 6) is 0.225. The fraction of sp³-hybridized carbons (Fsp3) is 0.706. The number of nitrogens with one attached hydrogen (secondary N) is 1. The van der Waals surface area contributed by atoms with Gasteiger partial charge in [-0.25, -0.2) is 9.37 Å². The lowest BCUT2D eigenvalue weighted by molar-refractivity contribution is -0.0703. The highest BCUT2D eigenvalue weighted by atomic mass is 19.1. The summed E-state index contributed by atoms with van der Waals surface area (Å²) in [6.07, 6.45) is 3.65. The van der Waals surface area contributed by atoms with Crippen LogP contribution in [0.5, 0.6) is 0 Å². The quantitative estimate of drug-likeness (QED) is 0.932. The van der Waals surface area contributed by atoms with E-state index in [4.69, 9.17) is 4.74 Å². The summed E-state index contributed by atoms with van der Waals surface area (Å²) in [7, 11) is 0. The van der Waals surface area contributed by atoms with Gasteiger partial charge in [0, 0.05) is 31.4 Å². The lowest BCUT2D eigenvalue weighted by Gasteiger charge is -2.30. The SMILES string of the molecule is CC1(C)C[C@@H](N[C@@H]2CCN(c3ncccc3F)C2)C(C)(C)O1. The standard InChI is InChI=1S/C17H26FN3O/c1-16(2)10-14(17(3,4)22-16)20-12-7-9-21(11-12)15-13(18)6-5-8-19-15/h5-6,8,12,14,20H,7,9-11H2,1-4H3/t12-,14-/m1/s1. The number of hydrogen-bond acceptors (Lipinski definition) is 4. The molecule has 2 aliphatic rings. The molecule has 0 aromatic carbocycles. The Morgan fingerprint density at radius 1 is 1.36 bits per heavy atom. The van der Waals surface area contributed by atoms with Crippen LogP contribution in [0.15, 0.2) is 18.3 Å². The van der Waals surface area contributed by atoms with Gasteiger partial charge in [-0.2, -0.15) is 0 Å². The average Bonchev–Trinajstić information content (AvgIpc) is 2.92. The van der Waals surface area contributed by atoms with Gasteiger partial charge in [-0.05, 0) is 52.7 Å². The maximum Gasteiger partial charge on any atom is 0.165 e. The molecule has 0 bridgehead atoms. The second-order valence-electron chi connectivity index (χ2n) is 7.63.